The Morgan fingerprint density at radius 2 is 2.00 bits per heavy atom. The zero-order valence-electron chi connectivity index (χ0n) is 15.8. The highest BCUT2D eigenvalue weighted by atomic mass is 19.1. The maximum absolute atomic E-state index is 13.2. The Hall–Kier alpha value is -2.48. The van der Waals surface area contributed by atoms with Gasteiger partial charge < -0.3 is 19.9 Å². The first-order chi connectivity index (χ1) is 12.5. The smallest absolute Gasteiger partial charge is 0.191 e. The van der Waals surface area contributed by atoms with Gasteiger partial charge in [0.15, 0.2) is 11.8 Å². The van der Waals surface area contributed by atoms with Crippen LogP contribution in [-0.2, 0) is 24.8 Å². The van der Waals surface area contributed by atoms with E-state index >= 15 is 0 Å². The highest BCUT2D eigenvalue weighted by Crippen LogP contribution is 2.10. The van der Waals surface area contributed by atoms with Gasteiger partial charge in [0.2, 0.25) is 0 Å². The highest BCUT2D eigenvalue weighted by molar-refractivity contribution is 5.79. The Bertz CT molecular complexity index is 743. The summed E-state index contributed by atoms with van der Waals surface area (Å²) in [5, 5.41) is 14.7. The van der Waals surface area contributed by atoms with Gasteiger partial charge in [-0.15, -0.1) is 10.2 Å². The summed E-state index contributed by atoms with van der Waals surface area (Å²) in [7, 11) is 3.58. The molecule has 0 radical (unpaired) electrons. The zero-order valence-corrected chi connectivity index (χ0v) is 15.8. The second-order valence-electron chi connectivity index (χ2n) is 6.05. The second-order valence-corrected chi connectivity index (χ2v) is 6.05. The first-order valence-corrected chi connectivity index (χ1v) is 8.62. The molecule has 0 bridgehead atoms. The zero-order chi connectivity index (χ0) is 18.9. The third kappa shape index (κ3) is 5.80. The molecule has 0 saturated carbocycles. The van der Waals surface area contributed by atoms with Crippen LogP contribution in [0.5, 0.6) is 0 Å². The molecular formula is C18H27FN6O. The number of hydrogen-bond acceptors (Lipinski definition) is 4. The Balaban J connectivity index is 1.95. The van der Waals surface area contributed by atoms with E-state index in [4.69, 9.17) is 4.74 Å². The second kappa shape index (κ2) is 9.86. The van der Waals surface area contributed by atoms with Crippen LogP contribution < -0.4 is 10.6 Å². The number of methoxy groups -OCH3 is 1. The lowest BCUT2D eigenvalue weighted by molar-refractivity contribution is 0.203. The van der Waals surface area contributed by atoms with Gasteiger partial charge in [-0.2, -0.15) is 0 Å². The SMILES string of the molecule is COCCNC(=NCc1nnc(C)n1C)NCCc1ccc(F)cc1C. The van der Waals surface area contributed by atoms with Crippen LogP contribution in [0.1, 0.15) is 22.8 Å². The highest BCUT2D eigenvalue weighted by Gasteiger charge is 2.06. The maximum atomic E-state index is 13.2. The third-order valence-electron chi connectivity index (χ3n) is 4.15. The fraction of sp³-hybridized carbons (Fsp3) is 0.500. The largest absolute Gasteiger partial charge is 0.383 e. The molecule has 0 fully saturated rings. The molecule has 8 heteroatoms. The van der Waals surface area contributed by atoms with Crippen molar-refractivity contribution in [2.45, 2.75) is 26.8 Å². The first-order valence-electron chi connectivity index (χ1n) is 8.62. The molecule has 2 rings (SSSR count). The van der Waals surface area contributed by atoms with Gasteiger partial charge in [0, 0.05) is 27.2 Å². The van der Waals surface area contributed by atoms with E-state index in [1.165, 1.54) is 6.07 Å². The lowest BCUT2D eigenvalue weighted by atomic mass is 10.1. The van der Waals surface area contributed by atoms with Gasteiger partial charge in [0.1, 0.15) is 18.2 Å². The predicted octanol–water partition coefficient (Wildman–Crippen LogP) is 1.50. The number of guanidine groups is 1. The topological polar surface area (TPSA) is 76.4 Å². The fourth-order valence-electron chi connectivity index (χ4n) is 2.44. The number of halogens is 1. The molecule has 0 aliphatic rings. The van der Waals surface area contributed by atoms with Crippen molar-refractivity contribution in [3.8, 4) is 0 Å². The van der Waals surface area contributed by atoms with E-state index in [1.54, 1.807) is 13.2 Å². The van der Waals surface area contributed by atoms with E-state index in [0.29, 0.717) is 32.2 Å². The Kier molecular flexibility index (Phi) is 7.53. The van der Waals surface area contributed by atoms with Gasteiger partial charge in [-0.25, -0.2) is 9.38 Å². The average molecular weight is 362 g/mol. The molecule has 0 aliphatic carbocycles. The fourth-order valence-corrected chi connectivity index (χ4v) is 2.44. The van der Waals surface area contributed by atoms with Gasteiger partial charge in [0.25, 0.3) is 0 Å². The van der Waals surface area contributed by atoms with Crippen molar-refractivity contribution in [2.75, 3.05) is 26.8 Å². The number of nitrogens with one attached hydrogen (secondary N) is 2. The van der Waals surface area contributed by atoms with Crippen molar-refractivity contribution in [1.29, 1.82) is 0 Å². The number of aliphatic imine (C=N–C) groups is 1. The minimum Gasteiger partial charge on any atom is -0.383 e. The molecule has 7 nitrogen and oxygen atoms in total. The summed E-state index contributed by atoms with van der Waals surface area (Å²) in [5.74, 6) is 2.12. The number of benzene rings is 1. The van der Waals surface area contributed by atoms with E-state index < -0.39 is 0 Å². The van der Waals surface area contributed by atoms with E-state index in [9.17, 15) is 4.39 Å². The van der Waals surface area contributed by atoms with Crippen LogP contribution in [-0.4, -0.2) is 47.5 Å². The Morgan fingerprint density at radius 1 is 1.23 bits per heavy atom. The summed E-state index contributed by atoms with van der Waals surface area (Å²) >= 11 is 0. The van der Waals surface area contributed by atoms with Crippen LogP contribution in [0.15, 0.2) is 23.2 Å². The Labute approximate surface area is 153 Å². The average Bonchev–Trinajstić information content (AvgIpc) is 2.93. The van der Waals surface area contributed by atoms with E-state index in [0.717, 1.165) is 29.2 Å². The summed E-state index contributed by atoms with van der Waals surface area (Å²) in [5.41, 5.74) is 2.06. The molecule has 2 N–H and O–H groups in total. The van der Waals surface area contributed by atoms with Gasteiger partial charge in [0.05, 0.1) is 6.61 Å². The molecule has 0 saturated heterocycles. The van der Waals surface area contributed by atoms with Gasteiger partial charge in [-0.1, -0.05) is 6.07 Å². The quantitative estimate of drug-likeness (QED) is 0.423. The number of aromatic nitrogens is 3. The molecule has 0 aliphatic heterocycles. The molecule has 0 unspecified atom stereocenters. The molecule has 0 spiro atoms. The summed E-state index contributed by atoms with van der Waals surface area (Å²) in [6, 6.07) is 4.87. The van der Waals surface area contributed by atoms with Crippen LogP contribution in [0, 0.1) is 19.7 Å². The van der Waals surface area contributed by atoms with Gasteiger partial charge in [-0.05, 0) is 43.5 Å². The summed E-state index contributed by atoms with van der Waals surface area (Å²) in [6.07, 6.45) is 0.778. The van der Waals surface area contributed by atoms with Crippen molar-refractivity contribution >= 4 is 5.96 Å². The number of ether oxygens (including phenoxy) is 1. The first kappa shape index (κ1) is 19.8. The van der Waals surface area contributed by atoms with Crippen LogP contribution in [0.3, 0.4) is 0 Å². The molecule has 1 heterocycles. The standard InChI is InChI=1S/C18H27FN6O/c1-13-11-16(19)6-5-15(13)7-8-20-18(21-9-10-26-4)22-12-17-24-23-14(2)25(17)3/h5-6,11H,7-10,12H2,1-4H3,(H2,20,21,22). The van der Waals surface area contributed by atoms with Crippen LogP contribution in [0.4, 0.5) is 4.39 Å². The lowest BCUT2D eigenvalue weighted by Crippen LogP contribution is -2.40. The van der Waals surface area contributed by atoms with E-state index in [-0.39, 0.29) is 5.82 Å². The van der Waals surface area contributed by atoms with Gasteiger partial charge in [-0.3, -0.25) is 0 Å². The molecule has 0 amide bonds. The molecule has 0 atom stereocenters. The van der Waals surface area contributed by atoms with Gasteiger partial charge >= 0.3 is 0 Å². The molecular weight excluding hydrogens is 335 g/mol. The van der Waals surface area contributed by atoms with E-state index in [2.05, 4.69) is 25.8 Å². The minimum absolute atomic E-state index is 0.207. The number of hydrogen-bond donors (Lipinski definition) is 2. The van der Waals surface area contributed by atoms with Crippen molar-refractivity contribution in [3.05, 3.63) is 46.8 Å². The minimum atomic E-state index is -0.207. The van der Waals surface area contributed by atoms with Crippen LogP contribution >= 0.6 is 0 Å². The van der Waals surface area contributed by atoms with Crippen LogP contribution in [0.25, 0.3) is 0 Å². The number of rotatable bonds is 8. The maximum Gasteiger partial charge on any atom is 0.191 e. The van der Waals surface area contributed by atoms with Crippen molar-refractivity contribution in [1.82, 2.24) is 25.4 Å². The number of aryl methyl sites for hydroxylation is 2. The molecule has 142 valence electrons. The van der Waals surface area contributed by atoms with Crippen molar-refractivity contribution < 1.29 is 9.13 Å². The van der Waals surface area contributed by atoms with Crippen LogP contribution in [0.2, 0.25) is 0 Å². The van der Waals surface area contributed by atoms with Crippen molar-refractivity contribution in [3.63, 3.8) is 0 Å². The molecule has 26 heavy (non-hydrogen) atoms. The number of nitrogens with zero attached hydrogens (tertiary/aromatic N) is 4. The normalized spacial score (nSPS) is 11.7. The summed E-state index contributed by atoms with van der Waals surface area (Å²) in [6.45, 7) is 6.16. The molecule has 1 aromatic heterocycles. The lowest BCUT2D eigenvalue weighted by Gasteiger charge is -2.13. The predicted molar refractivity (Wildman–Crippen MR) is 99.6 cm³/mol. The third-order valence-corrected chi connectivity index (χ3v) is 4.15. The Morgan fingerprint density at radius 3 is 2.65 bits per heavy atom. The molecule has 1 aromatic carbocycles. The molecule has 2 aromatic rings. The van der Waals surface area contributed by atoms with Crippen molar-refractivity contribution in [2.24, 2.45) is 12.0 Å². The summed E-state index contributed by atoms with van der Waals surface area (Å²) in [4.78, 5) is 4.56. The monoisotopic (exact) mass is 362 g/mol. The summed E-state index contributed by atoms with van der Waals surface area (Å²) < 4.78 is 20.2. The van der Waals surface area contributed by atoms with E-state index in [1.807, 2.05) is 31.5 Å².